The molecule has 0 spiro atoms. The lowest BCUT2D eigenvalue weighted by Crippen LogP contribution is -2.30. The van der Waals surface area contributed by atoms with E-state index in [-0.39, 0.29) is 11.5 Å². The van der Waals surface area contributed by atoms with Crippen LogP contribution >= 0.6 is 0 Å². The van der Waals surface area contributed by atoms with Crippen molar-refractivity contribution < 1.29 is 28.5 Å². The molecule has 2 aromatic carbocycles. The number of carboxylic acid groups (broad SMARTS) is 1. The summed E-state index contributed by atoms with van der Waals surface area (Å²) in [4.78, 5) is 23.9. The van der Waals surface area contributed by atoms with Crippen LogP contribution in [0.4, 0.5) is 0 Å². The van der Waals surface area contributed by atoms with Gasteiger partial charge in [0, 0.05) is 5.56 Å². The molecule has 7 heteroatoms. The minimum atomic E-state index is -1.45. The second-order valence-electron chi connectivity index (χ2n) is 6.28. The normalized spacial score (nSPS) is 10.7. The highest BCUT2D eigenvalue weighted by atomic mass is 16.5. The number of methoxy groups -OCH3 is 2. The quantitative estimate of drug-likeness (QED) is 0.644. The molecule has 1 heterocycles. The highest BCUT2D eigenvalue weighted by molar-refractivity contribution is 5.85. The standard InChI is InChI=1S/C21H20O7/c1-11-7-12(2)19-14(8-11)18(24)21(27-10-17(22)23)20(28-19)13-5-6-15(25-3)16(9-13)26-4/h5-9H,10H2,1-4H3,(H,22,23)/p-1. The van der Waals surface area contributed by atoms with Crippen LogP contribution in [-0.2, 0) is 4.79 Å². The lowest BCUT2D eigenvalue weighted by Gasteiger charge is -2.14. The van der Waals surface area contributed by atoms with Crippen molar-refractivity contribution >= 4 is 16.9 Å². The first-order valence-electron chi connectivity index (χ1n) is 8.48. The van der Waals surface area contributed by atoms with Gasteiger partial charge in [-0.15, -0.1) is 0 Å². The Hall–Kier alpha value is -3.48. The summed E-state index contributed by atoms with van der Waals surface area (Å²) in [7, 11) is 2.99. The lowest BCUT2D eigenvalue weighted by molar-refractivity contribution is -0.307. The van der Waals surface area contributed by atoms with Crippen molar-refractivity contribution in [2.24, 2.45) is 0 Å². The summed E-state index contributed by atoms with van der Waals surface area (Å²) >= 11 is 0. The molecule has 0 radical (unpaired) electrons. The minimum Gasteiger partial charge on any atom is -0.546 e. The second-order valence-corrected chi connectivity index (χ2v) is 6.28. The summed E-state index contributed by atoms with van der Waals surface area (Å²) in [6.45, 7) is 2.91. The van der Waals surface area contributed by atoms with E-state index in [1.165, 1.54) is 14.2 Å². The molecule has 0 N–H and O–H groups in total. The summed E-state index contributed by atoms with van der Waals surface area (Å²) in [5.41, 5.74) is 2.08. The molecule has 0 aliphatic rings. The molecule has 3 rings (SSSR count). The van der Waals surface area contributed by atoms with Gasteiger partial charge in [0.2, 0.25) is 11.2 Å². The Morgan fingerprint density at radius 2 is 1.79 bits per heavy atom. The van der Waals surface area contributed by atoms with Gasteiger partial charge in [-0.25, -0.2) is 0 Å². The second kappa shape index (κ2) is 7.64. The summed E-state index contributed by atoms with van der Waals surface area (Å²) in [5.74, 6) is -0.619. The molecule has 0 aliphatic heterocycles. The first kappa shape index (κ1) is 19.3. The summed E-state index contributed by atoms with van der Waals surface area (Å²) < 4.78 is 21.8. The first-order chi connectivity index (χ1) is 13.3. The molecule has 0 bridgehead atoms. The molecule has 0 fully saturated rings. The molecule has 0 saturated heterocycles. The first-order valence-corrected chi connectivity index (χ1v) is 8.48. The topological polar surface area (TPSA) is 98.0 Å². The maximum Gasteiger partial charge on any atom is 0.235 e. The Bertz CT molecular complexity index is 1110. The fraction of sp³-hybridized carbons (Fsp3) is 0.238. The number of aliphatic carboxylic acids is 1. The average molecular weight is 383 g/mol. The van der Waals surface area contributed by atoms with Crippen molar-refractivity contribution in [1.82, 2.24) is 0 Å². The Morgan fingerprint density at radius 1 is 1.07 bits per heavy atom. The van der Waals surface area contributed by atoms with E-state index in [9.17, 15) is 14.7 Å². The third-order valence-electron chi connectivity index (χ3n) is 4.26. The van der Waals surface area contributed by atoms with Gasteiger partial charge in [-0.2, -0.15) is 0 Å². The number of aryl methyl sites for hydroxylation is 2. The van der Waals surface area contributed by atoms with Crippen LogP contribution in [0.15, 0.2) is 39.5 Å². The molecule has 7 nitrogen and oxygen atoms in total. The third kappa shape index (κ3) is 3.51. The van der Waals surface area contributed by atoms with Gasteiger partial charge < -0.3 is 28.5 Å². The third-order valence-corrected chi connectivity index (χ3v) is 4.26. The van der Waals surface area contributed by atoms with E-state index in [0.717, 1.165) is 11.1 Å². The number of hydrogen-bond acceptors (Lipinski definition) is 7. The molecule has 0 saturated carbocycles. The highest BCUT2D eigenvalue weighted by Crippen LogP contribution is 2.37. The smallest absolute Gasteiger partial charge is 0.235 e. The molecule has 0 unspecified atom stereocenters. The molecule has 146 valence electrons. The van der Waals surface area contributed by atoms with E-state index in [4.69, 9.17) is 18.6 Å². The molecule has 0 aliphatic carbocycles. The number of carbonyl (C=O) groups is 1. The van der Waals surface area contributed by atoms with Gasteiger partial charge in [-0.05, 0) is 49.2 Å². The average Bonchev–Trinajstić information content (AvgIpc) is 2.66. The highest BCUT2D eigenvalue weighted by Gasteiger charge is 2.20. The number of ether oxygens (including phenoxy) is 3. The number of rotatable bonds is 6. The Morgan fingerprint density at radius 3 is 2.43 bits per heavy atom. The van der Waals surface area contributed by atoms with Gasteiger partial charge in [0.15, 0.2) is 17.3 Å². The van der Waals surface area contributed by atoms with Crippen molar-refractivity contribution in [3.8, 4) is 28.6 Å². The monoisotopic (exact) mass is 383 g/mol. The molecule has 1 aromatic heterocycles. The maximum atomic E-state index is 13.1. The van der Waals surface area contributed by atoms with Crippen LogP contribution in [-0.4, -0.2) is 26.8 Å². The molecule has 0 atom stereocenters. The van der Waals surface area contributed by atoms with Gasteiger partial charge in [0.05, 0.1) is 25.6 Å². The number of carboxylic acids is 1. The Balaban J connectivity index is 2.32. The van der Waals surface area contributed by atoms with Gasteiger partial charge in [0.25, 0.3) is 0 Å². The van der Waals surface area contributed by atoms with Gasteiger partial charge in [-0.3, -0.25) is 4.79 Å². The van der Waals surface area contributed by atoms with E-state index < -0.39 is 18.0 Å². The van der Waals surface area contributed by atoms with Crippen LogP contribution in [0.2, 0.25) is 0 Å². The van der Waals surface area contributed by atoms with E-state index in [1.807, 2.05) is 19.9 Å². The zero-order chi connectivity index (χ0) is 20.4. The molecule has 28 heavy (non-hydrogen) atoms. The van der Waals surface area contributed by atoms with Crippen LogP contribution in [0.3, 0.4) is 0 Å². The zero-order valence-corrected chi connectivity index (χ0v) is 16.0. The maximum absolute atomic E-state index is 13.1. The lowest BCUT2D eigenvalue weighted by atomic mass is 10.0. The predicted molar refractivity (Wildman–Crippen MR) is 101 cm³/mol. The van der Waals surface area contributed by atoms with Crippen LogP contribution < -0.4 is 24.7 Å². The molecular weight excluding hydrogens is 364 g/mol. The van der Waals surface area contributed by atoms with Gasteiger partial charge in [0.1, 0.15) is 12.2 Å². The summed E-state index contributed by atoms with van der Waals surface area (Å²) in [6.07, 6.45) is 0. The van der Waals surface area contributed by atoms with Crippen LogP contribution in [0, 0.1) is 13.8 Å². The van der Waals surface area contributed by atoms with Crippen LogP contribution in [0.5, 0.6) is 17.2 Å². The van der Waals surface area contributed by atoms with Crippen LogP contribution in [0.1, 0.15) is 11.1 Å². The fourth-order valence-electron chi connectivity index (χ4n) is 3.06. The summed E-state index contributed by atoms with van der Waals surface area (Å²) in [6, 6.07) is 8.52. The van der Waals surface area contributed by atoms with Crippen molar-refractivity contribution in [2.75, 3.05) is 20.8 Å². The van der Waals surface area contributed by atoms with Crippen LogP contribution in [0.25, 0.3) is 22.3 Å². The number of benzene rings is 2. The number of hydrogen-bond donors (Lipinski definition) is 0. The Kier molecular flexibility index (Phi) is 5.26. The van der Waals surface area contributed by atoms with Gasteiger partial charge in [-0.1, -0.05) is 6.07 Å². The van der Waals surface area contributed by atoms with Crippen molar-refractivity contribution in [2.45, 2.75) is 13.8 Å². The number of carbonyl (C=O) groups excluding carboxylic acids is 1. The minimum absolute atomic E-state index is 0.103. The number of fused-ring (bicyclic) bond motifs is 1. The largest absolute Gasteiger partial charge is 0.546 e. The molecule has 3 aromatic rings. The van der Waals surface area contributed by atoms with E-state index in [1.54, 1.807) is 24.3 Å². The molecular formula is C21H19O7-. The predicted octanol–water partition coefficient (Wildman–Crippen LogP) is 2.22. The fourth-order valence-corrected chi connectivity index (χ4v) is 3.06. The van der Waals surface area contributed by atoms with Crippen molar-refractivity contribution in [3.63, 3.8) is 0 Å². The van der Waals surface area contributed by atoms with E-state index in [2.05, 4.69) is 0 Å². The molecule has 0 amide bonds. The van der Waals surface area contributed by atoms with E-state index in [0.29, 0.717) is 28.0 Å². The van der Waals surface area contributed by atoms with E-state index >= 15 is 0 Å². The SMILES string of the molecule is COc1ccc(-c2oc3c(C)cc(C)cc3c(=O)c2OCC(=O)[O-])cc1OC. The van der Waals surface area contributed by atoms with Gasteiger partial charge >= 0.3 is 0 Å². The van der Waals surface area contributed by atoms with Crippen molar-refractivity contribution in [1.29, 1.82) is 0 Å². The Labute approximate surface area is 161 Å². The van der Waals surface area contributed by atoms with Crippen molar-refractivity contribution in [3.05, 3.63) is 51.7 Å². The summed E-state index contributed by atoms with van der Waals surface area (Å²) in [5, 5.41) is 11.2. The zero-order valence-electron chi connectivity index (χ0n) is 16.0.